The fourth-order valence-corrected chi connectivity index (χ4v) is 4.12. The van der Waals surface area contributed by atoms with Crippen LogP contribution >= 0.6 is 0 Å². The minimum atomic E-state index is -0.651. The van der Waals surface area contributed by atoms with Gasteiger partial charge in [-0.1, -0.05) is 78.9 Å². The van der Waals surface area contributed by atoms with Crippen molar-refractivity contribution in [3.8, 4) is 5.75 Å². The topological polar surface area (TPSA) is 53.1 Å². The van der Waals surface area contributed by atoms with Crippen LogP contribution < -0.4 is 4.74 Å². The lowest BCUT2D eigenvalue weighted by Crippen LogP contribution is -2.63. The van der Waals surface area contributed by atoms with E-state index in [1.54, 1.807) is 4.90 Å². The lowest BCUT2D eigenvalue weighted by molar-refractivity contribution is -0.168. The third kappa shape index (κ3) is 5.64. The molecule has 34 heavy (non-hydrogen) atoms. The summed E-state index contributed by atoms with van der Waals surface area (Å²) in [5, 5.41) is 0. The summed E-state index contributed by atoms with van der Waals surface area (Å²) in [7, 11) is 3.97. The maximum Gasteiger partial charge on any atom is 0.267 e. The van der Waals surface area contributed by atoms with Crippen LogP contribution in [0.1, 0.15) is 17.2 Å². The predicted octanol–water partition coefficient (Wildman–Crippen LogP) is 3.61. The van der Waals surface area contributed by atoms with Crippen LogP contribution in [0.3, 0.4) is 0 Å². The Kier molecular flexibility index (Phi) is 7.60. The van der Waals surface area contributed by atoms with Gasteiger partial charge in [-0.05, 0) is 37.4 Å². The fourth-order valence-electron chi connectivity index (χ4n) is 4.12. The maximum absolute atomic E-state index is 13.4. The summed E-state index contributed by atoms with van der Waals surface area (Å²) in [6.45, 7) is 1.86. The van der Waals surface area contributed by atoms with Crippen LogP contribution in [0.25, 0.3) is 0 Å². The highest BCUT2D eigenvalue weighted by molar-refractivity contribution is 5.93. The minimum Gasteiger partial charge on any atom is -0.478 e. The number of ether oxygens (including phenoxy) is 1. The molecule has 1 aliphatic heterocycles. The summed E-state index contributed by atoms with van der Waals surface area (Å²) in [5.41, 5.74) is 2.02. The molecule has 1 fully saturated rings. The molecule has 2 unspecified atom stereocenters. The highest BCUT2D eigenvalue weighted by Crippen LogP contribution is 2.37. The van der Waals surface area contributed by atoms with Gasteiger partial charge >= 0.3 is 0 Å². The Balaban J connectivity index is 1.52. The number of likely N-dealkylation sites (tertiary alicyclic amines) is 1. The van der Waals surface area contributed by atoms with E-state index in [-0.39, 0.29) is 24.4 Å². The first-order valence-electron chi connectivity index (χ1n) is 11.6. The van der Waals surface area contributed by atoms with Crippen LogP contribution in [0.2, 0.25) is 0 Å². The van der Waals surface area contributed by atoms with Crippen molar-refractivity contribution in [2.45, 2.75) is 18.7 Å². The molecule has 0 saturated carbocycles. The molecule has 0 bridgehead atoms. The average molecular weight is 458 g/mol. The lowest BCUT2D eigenvalue weighted by Gasteiger charge is -2.46. The quantitative estimate of drug-likeness (QED) is 0.437. The van der Waals surface area contributed by atoms with E-state index in [2.05, 4.69) is 4.90 Å². The zero-order valence-corrected chi connectivity index (χ0v) is 19.7. The average Bonchev–Trinajstić information content (AvgIpc) is 2.87. The van der Waals surface area contributed by atoms with E-state index in [0.29, 0.717) is 18.8 Å². The third-order valence-electron chi connectivity index (χ3n) is 5.99. The van der Waals surface area contributed by atoms with Crippen molar-refractivity contribution in [2.24, 2.45) is 0 Å². The van der Waals surface area contributed by atoms with Crippen LogP contribution in [0.15, 0.2) is 91.0 Å². The van der Waals surface area contributed by atoms with Crippen molar-refractivity contribution < 1.29 is 14.3 Å². The first-order valence-corrected chi connectivity index (χ1v) is 11.6. The van der Waals surface area contributed by atoms with Gasteiger partial charge in [-0.25, -0.2) is 0 Å². The second-order valence-corrected chi connectivity index (χ2v) is 8.78. The molecular weight excluding hydrogens is 426 g/mol. The first-order chi connectivity index (χ1) is 16.5. The summed E-state index contributed by atoms with van der Waals surface area (Å²) < 4.78 is 6.05. The standard InChI is InChI=1S/C28H31N3O3/c1-29(2)18-19-30(20-22-12-6-3-7-13-22)25(32)21-31-26(23-14-8-4-9-15-23)27(28(31)33)34-24-16-10-5-11-17-24/h3-17,26-27H,18-21H2,1-2H3. The van der Waals surface area contributed by atoms with Gasteiger partial charge in [0.25, 0.3) is 5.91 Å². The van der Waals surface area contributed by atoms with Crippen LogP contribution in [-0.2, 0) is 16.1 Å². The molecule has 6 heteroatoms. The van der Waals surface area contributed by atoms with E-state index in [0.717, 1.165) is 17.7 Å². The Morgan fingerprint density at radius 1 is 0.853 bits per heavy atom. The van der Waals surface area contributed by atoms with Crippen molar-refractivity contribution in [1.29, 1.82) is 0 Å². The number of amides is 2. The fraction of sp³-hybridized carbons (Fsp3) is 0.286. The van der Waals surface area contributed by atoms with E-state index in [1.807, 2.05) is 110 Å². The maximum atomic E-state index is 13.4. The zero-order valence-electron chi connectivity index (χ0n) is 19.7. The van der Waals surface area contributed by atoms with E-state index >= 15 is 0 Å². The number of nitrogens with zero attached hydrogens (tertiary/aromatic N) is 3. The molecule has 2 amide bonds. The molecule has 3 aromatic rings. The number of rotatable bonds is 10. The van der Waals surface area contributed by atoms with Crippen LogP contribution in [0, 0.1) is 0 Å². The highest BCUT2D eigenvalue weighted by atomic mass is 16.5. The molecule has 1 heterocycles. The number of para-hydroxylation sites is 1. The number of hydrogen-bond acceptors (Lipinski definition) is 4. The van der Waals surface area contributed by atoms with Crippen LogP contribution in [0.5, 0.6) is 5.75 Å². The predicted molar refractivity (Wildman–Crippen MR) is 132 cm³/mol. The monoisotopic (exact) mass is 457 g/mol. The first kappa shape index (κ1) is 23.5. The molecule has 0 aliphatic carbocycles. The summed E-state index contributed by atoms with van der Waals surface area (Å²) >= 11 is 0. The van der Waals surface area contributed by atoms with Gasteiger partial charge in [-0.2, -0.15) is 0 Å². The number of likely N-dealkylation sites (N-methyl/N-ethyl adjacent to an activating group) is 1. The Morgan fingerprint density at radius 3 is 2.06 bits per heavy atom. The van der Waals surface area contributed by atoms with Gasteiger partial charge in [0.1, 0.15) is 18.3 Å². The van der Waals surface area contributed by atoms with Crippen molar-refractivity contribution in [2.75, 3.05) is 33.7 Å². The molecule has 0 radical (unpaired) electrons. The molecular formula is C28H31N3O3. The molecule has 0 spiro atoms. The van der Waals surface area contributed by atoms with Crippen LogP contribution in [0.4, 0.5) is 0 Å². The number of β-lactam (4-membered cyclic amide) rings is 1. The zero-order chi connectivity index (χ0) is 23.9. The summed E-state index contributed by atoms with van der Waals surface area (Å²) in [6, 6.07) is 28.7. The summed E-state index contributed by atoms with van der Waals surface area (Å²) in [5.74, 6) is 0.404. The minimum absolute atomic E-state index is 0.0211. The smallest absolute Gasteiger partial charge is 0.267 e. The molecule has 4 rings (SSSR count). The van der Waals surface area contributed by atoms with E-state index in [9.17, 15) is 9.59 Å². The Bertz CT molecular complexity index is 1070. The second kappa shape index (κ2) is 11.0. The normalized spacial score (nSPS) is 17.4. The molecule has 0 aromatic heterocycles. The molecule has 176 valence electrons. The molecule has 3 aromatic carbocycles. The van der Waals surface area contributed by atoms with Gasteiger partial charge in [0.2, 0.25) is 12.0 Å². The molecule has 2 atom stereocenters. The number of carbonyl (C=O) groups is 2. The molecule has 0 N–H and O–H groups in total. The van der Waals surface area contributed by atoms with Crippen molar-refractivity contribution in [3.63, 3.8) is 0 Å². The largest absolute Gasteiger partial charge is 0.478 e. The highest BCUT2D eigenvalue weighted by Gasteiger charge is 2.51. The van der Waals surface area contributed by atoms with Gasteiger partial charge in [-0.3, -0.25) is 9.59 Å². The Hall–Kier alpha value is -3.64. The van der Waals surface area contributed by atoms with Gasteiger partial charge < -0.3 is 19.4 Å². The Morgan fingerprint density at radius 2 is 1.44 bits per heavy atom. The lowest BCUT2D eigenvalue weighted by atomic mass is 9.90. The van der Waals surface area contributed by atoms with E-state index in [1.165, 1.54) is 0 Å². The SMILES string of the molecule is CN(C)CCN(Cc1ccccc1)C(=O)CN1C(=O)C(Oc2ccccc2)C1c1ccccc1. The molecule has 6 nitrogen and oxygen atoms in total. The van der Waals surface area contributed by atoms with Crippen molar-refractivity contribution >= 4 is 11.8 Å². The molecule has 1 aliphatic rings. The molecule has 1 saturated heterocycles. The third-order valence-corrected chi connectivity index (χ3v) is 5.99. The van der Waals surface area contributed by atoms with E-state index in [4.69, 9.17) is 4.74 Å². The van der Waals surface area contributed by atoms with Gasteiger partial charge in [0.05, 0.1) is 0 Å². The van der Waals surface area contributed by atoms with Crippen molar-refractivity contribution in [1.82, 2.24) is 14.7 Å². The summed E-state index contributed by atoms with van der Waals surface area (Å²) in [6.07, 6.45) is -0.651. The number of carbonyl (C=O) groups excluding carboxylic acids is 2. The Labute approximate surface area is 201 Å². The van der Waals surface area contributed by atoms with Gasteiger partial charge in [0, 0.05) is 19.6 Å². The van der Waals surface area contributed by atoms with Gasteiger partial charge in [-0.15, -0.1) is 0 Å². The number of hydrogen-bond donors (Lipinski definition) is 0. The van der Waals surface area contributed by atoms with E-state index < -0.39 is 6.10 Å². The van der Waals surface area contributed by atoms with Crippen LogP contribution in [-0.4, -0.2) is 66.3 Å². The van der Waals surface area contributed by atoms with Gasteiger partial charge in [0.15, 0.2) is 0 Å². The number of benzene rings is 3. The second-order valence-electron chi connectivity index (χ2n) is 8.78. The van der Waals surface area contributed by atoms with Crippen molar-refractivity contribution in [3.05, 3.63) is 102 Å². The summed E-state index contributed by atoms with van der Waals surface area (Å²) in [4.78, 5) is 32.1.